The Balaban J connectivity index is 1.61. The Labute approximate surface area is 174 Å². The number of nitrogens with zero attached hydrogens (tertiary/aromatic N) is 5. The van der Waals surface area contributed by atoms with E-state index in [-0.39, 0.29) is 29.1 Å². The number of hydrogen-bond donors (Lipinski definition) is 2. The van der Waals surface area contributed by atoms with Gasteiger partial charge in [0.1, 0.15) is 0 Å². The molecule has 0 aliphatic carbocycles. The number of aromatic nitrogens is 5. The third-order valence-electron chi connectivity index (χ3n) is 3.75. The number of rotatable bonds is 7. The highest BCUT2D eigenvalue weighted by Crippen LogP contribution is 2.26. The van der Waals surface area contributed by atoms with Gasteiger partial charge in [-0.3, -0.25) is 9.59 Å². The molecular weight excluding hydrogens is 414 g/mol. The minimum absolute atomic E-state index is 0.0698. The predicted octanol–water partition coefficient (Wildman–Crippen LogP) is 1.34. The maximum Gasteiger partial charge on any atom is 0.337 e. The third kappa shape index (κ3) is 4.81. The van der Waals surface area contributed by atoms with E-state index >= 15 is 0 Å². The lowest BCUT2D eigenvalue weighted by molar-refractivity contribution is -0.114. The van der Waals surface area contributed by atoms with Crippen molar-refractivity contribution in [2.75, 3.05) is 23.5 Å². The van der Waals surface area contributed by atoms with Crippen LogP contribution < -0.4 is 10.6 Å². The van der Waals surface area contributed by atoms with Crippen LogP contribution in [-0.4, -0.2) is 55.7 Å². The van der Waals surface area contributed by atoms with Gasteiger partial charge in [0.05, 0.1) is 18.4 Å². The van der Waals surface area contributed by atoms with Crippen LogP contribution >= 0.6 is 11.8 Å². The van der Waals surface area contributed by atoms with E-state index in [1.807, 2.05) is 0 Å². The molecule has 3 rings (SSSR count). The molecule has 2 heterocycles. The number of carbonyl (C=O) groups excluding carboxylic acids is 3. The average Bonchev–Trinajstić information content (AvgIpc) is 3.31. The lowest BCUT2D eigenvalue weighted by Gasteiger charge is -2.06. The highest BCUT2D eigenvalue weighted by Gasteiger charge is 2.21. The van der Waals surface area contributed by atoms with Gasteiger partial charge in [0.25, 0.3) is 0 Å². The van der Waals surface area contributed by atoms with Crippen molar-refractivity contribution in [1.29, 1.82) is 0 Å². The highest BCUT2D eigenvalue weighted by atomic mass is 32.2. The summed E-state index contributed by atoms with van der Waals surface area (Å²) < 4.78 is 10.9. The Hall–Kier alpha value is -3.74. The van der Waals surface area contributed by atoms with E-state index in [2.05, 4.69) is 40.5 Å². The summed E-state index contributed by atoms with van der Waals surface area (Å²) in [6, 6.07) is 6.33. The standard InChI is InChI=1S/C17H17N7O5S/c1-9(25)18-14-13(22-29-23-14)15-20-21-17(24(15)2)30-8-12(26)19-11-6-4-10(5-7-11)16(27)28-3/h4-7H,8H2,1-3H3,(H,19,26)(H,18,23,25). The largest absolute Gasteiger partial charge is 0.465 e. The monoisotopic (exact) mass is 431 g/mol. The number of anilines is 2. The molecular formula is C17H17N7O5S. The smallest absolute Gasteiger partial charge is 0.337 e. The van der Waals surface area contributed by atoms with Crippen molar-refractivity contribution in [2.24, 2.45) is 7.05 Å². The zero-order valence-electron chi connectivity index (χ0n) is 16.2. The molecule has 2 aromatic heterocycles. The number of benzene rings is 1. The van der Waals surface area contributed by atoms with Crippen LogP contribution in [0.15, 0.2) is 34.1 Å². The number of esters is 1. The van der Waals surface area contributed by atoms with E-state index in [1.165, 1.54) is 14.0 Å². The van der Waals surface area contributed by atoms with Crippen LogP contribution in [0.5, 0.6) is 0 Å². The number of thioether (sulfide) groups is 1. The Morgan fingerprint density at radius 3 is 2.53 bits per heavy atom. The van der Waals surface area contributed by atoms with Gasteiger partial charge in [0.15, 0.2) is 16.7 Å². The fourth-order valence-corrected chi connectivity index (χ4v) is 3.08. The summed E-state index contributed by atoms with van der Waals surface area (Å²) in [5, 5.41) is 21.1. The van der Waals surface area contributed by atoms with E-state index in [1.54, 1.807) is 35.9 Å². The minimum Gasteiger partial charge on any atom is -0.465 e. The van der Waals surface area contributed by atoms with Gasteiger partial charge in [0, 0.05) is 19.7 Å². The molecule has 0 aliphatic heterocycles. The second-order valence-electron chi connectivity index (χ2n) is 5.91. The van der Waals surface area contributed by atoms with Gasteiger partial charge in [-0.25, -0.2) is 9.42 Å². The molecule has 3 aromatic rings. The zero-order chi connectivity index (χ0) is 21.7. The maximum absolute atomic E-state index is 12.2. The number of carbonyl (C=O) groups is 3. The van der Waals surface area contributed by atoms with Crippen molar-refractivity contribution in [2.45, 2.75) is 12.1 Å². The van der Waals surface area contributed by atoms with Crippen LogP contribution in [0.3, 0.4) is 0 Å². The van der Waals surface area contributed by atoms with E-state index in [0.29, 0.717) is 22.2 Å². The quantitative estimate of drug-likeness (QED) is 0.414. The predicted molar refractivity (Wildman–Crippen MR) is 106 cm³/mol. The van der Waals surface area contributed by atoms with Crippen molar-refractivity contribution in [3.63, 3.8) is 0 Å². The van der Waals surface area contributed by atoms with Crippen LogP contribution in [0.1, 0.15) is 17.3 Å². The maximum atomic E-state index is 12.2. The summed E-state index contributed by atoms with van der Waals surface area (Å²) in [7, 11) is 2.99. The highest BCUT2D eigenvalue weighted by molar-refractivity contribution is 7.99. The molecule has 12 nitrogen and oxygen atoms in total. The Morgan fingerprint density at radius 2 is 1.87 bits per heavy atom. The molecule has 0 atom stereocenters. The molecule has 0 bridgehead atoms. The lowest BCUT2D eigenvalue weighted by atomic mass is 10.2. The molecule has 0 aliphatic rings. The Bertz CT molecular complexity index is 1080. The van der Waals surface area contributed by atoms with E-state index in [9.17, 15) is 14.4 Å². The molecule has 156 valence electrons. The van der Waals surface area contributed by atoms with Crippen molar-refractivity contribution in [1.82, 2.24) is 25.1 Å². The van der Waals surface area contributed by atoms with Crippen LogP contribution in [-0.2, 0) is 21.4 Å². The summed E-state index contributed by atoms with van der Waals surface area (Å²) in [6.07, 6.45) is 0. The molecule has 0 fully saturated rings. The fourth-order valence-electron chi connectivity index (χ4n) is 2.37. The molecule has 2 N–H and O–H groups in total. The number of methoxy groups -OCH3 is 1. The summed E-state index contributed by atoms with van der Waals surface area (Å²) in [5.74, 6) is -0.535. The average molecular weight is 431 g/mol. The van der Waals surface area contributed by atoms with Crippen molar-refractivity contribution in [3.05, 3.63) is 29.8 Å². The Morgan fingerprint density at radius 1 is 1.13 bits per heavy atom. The van der Waals surface area contributed by atoms with E-state index in [4.69, 9.17) is 0 Å². The van der Waals surface area contributed by atoms with Crippen molar-refractivity contribution >= 4 is 41.1 Å². The van der Waals surface area contributed by atoms with Crippen molar-refractivity contribution < 1.29 is 23.7 Å². The summed E-state index contributed by atoms with van der Waals surface area (Å²) in [6.45, 7) is 1.33. The number of ether oxygens (including phenoxy) is 1. The first kappa shape index (κ1) is 21.0. The van der Waals surface area contributed by atoms with Crippen LogP contribution in [0.4, 0.5) is 11.5 Å². The van der Waals surface area contributed by atoms with Gasteiger partial charge in [-0.1, -0.05) is 11.8 Å². The normalized spacial score (nSPS) is 10.5. The van der Waals surface area contributed by atoms with Gasteiger partial charge in [-0.05, 0) is 34.6 Å². The lowest BCUT2D eigenvalue weighted by Crippen LogP contribution is -2.14. The summed E-state index contributed by atoms with van der Waals surface area (Å²) in [4.78, 5) is 34.9. The van der Waals surface area contributed by atoms with Crippen LogP contribution in [0, 0.1) is 0 Å². The number of hydrogen-bond acceptors (Lipinski definition) is 10. The summed E-state index contributed by atoms with van der Waals surface area (Å²) >= 11 is 1.16. The molecule has 1 aromatic carbocycles. The van der Waals surface area contributed by atoms with Gasteiger partial charge < -0.3 is 19.9 Å². The van der Waals surface area contributed by atoms with E-state index in [0.717, 1.165) is 11.8 Å². The minimum atomic E-state index is -0.453. The number of amides is 2. The zero-order valence-corrected chi connectivity index (χ0v) is 17.0. The first-order valence-corrected chi connectivity index (χ1v) is 9.48. The van der Waals surface area contributed by atoms with Gasteiger partial charge >= 0.3 is 5.97 Å². The molecule has 0 saturated carbocycles. The SMILES string of the molecule is COC(=O)c1ccc(NC(=O)CSc2nnc(-c3nonc3NC(C)=O)n2C)cc1. The molecule has 0 spiro atoms. The molecule has 2 amide bonds. The second kappa shape index (κ2) is 9.17. The molecule has 13 heteroatoms. The molecule has 0 saturated heterocycles. The van der Waals surface area contributed by atoms with Gasteiger partial charge in [-0.2, -0.15) is 0 Å². The first-order valence-electron chi connectivity index (χ1n) is 8.50. The topological polar surface area (TPSA) is 154 Å². The summed E-state index contributed by atoms with van der Waals surface area (Å²) in [5.41, 5.74) is 1.15. The molecule has 30 heavy (non-hydrogen) atoms. The van der Waals surface area contributed by atoms with Gasteiger partial charge in [0.2, 0.25) is 17.6 Å². The van der Waals surface area contributed by atoms with Crippen LogP contribution in [0.25, 0.3) is 11.5 Å². The van der Waals surface area contributed by atoms with Crippen molar-refractivity contribution in [3.8, 4) is 11.5 Å². The molecule has 0 radical (unpaired) electrons. The van der Waals surface area contributed by atoms with Gasteiger partial charge in [-0.15, -0.1) is 10.2 Å². The first-order chi connectivity index (χ1) is 14.4. The Kier molecular flexibility index (Phi) is 6.41. The molecule has 0 unspecified atom stereocenters. The fraction of sp³-hybridized carbons (Fsp3) is 0.235. The third-order valence-corrected chi connectivity index (χ3v) is 4.77. The van der Waals surface area contributed by atoms with E-state index < -0.39 is 5.97 Å². The van der Waals surface area contributed by atoms with Crippen LogP contribution in [0.2, 0.25) is 0 Å². The second-order valence-corrected chi connectivity index (χ2v) is 6.86. The number of nitrogens with one attached hydrogen (secondary N) is 2.